The van der Waals surface area contributed by atoms with Crippen molar-refractivity contribution in [1.29, 1.82) is 0 Å². The molecule has 0 fully saturated rings. The van der Waals surface area contributed by atoms with E-state index in [4.69, 9.17) is 5.11 Å². The number of nitrogens with zero attached hydrogens (tertiary/aromatic N) is 1. The van der Waals surface area contributed by atoms with Crippen LogP contribution in [0, 0.1) is 23.5 Å². The Kier molecular flexibility index (Phi) is 8.37. The molecule has 2 unspecified atom stereocenters. The van der Waals surface area contributed by atoms with E-state index in [0.29, 0.717) is 19.5 Å². The van der Waals surface area contributed by atoms with Crippen molar-refractivity contribution in [3.8, 4) is 11.8 Å². The van der Waals surface area contributed by atoms with Gasteiger partial charge in [-0.1, -0.05) is 30.0 Å². The lowest BCUT2D eigenvalue weighted by molar-refractivity contribution is -0.121. The number of carbonyl (C=O) groups is 1. The van der Waals surface area contributed by atoms with Crippen molar-refractivity contribution in [2.75, 3.05) is 13.2 Å². The molecule has 1 heterocycles. The van der Waals surface area contributed by atoms with Crippen LogP contribution in [0.2, 0.25) is 0 Å². The Morgan fingerprint density at radius 3 is 2.66 bits per heavy atom. The predicted octanol–water partition coefficient (Wildman–Crippen LogP) is 3.21. The quantitative estimate of drug-likeness (QED) is 0.449. The maximum absolute atomic E-state index is 13.4. The van der Waals surface area contributed by atoms with Gasteiger partial charge in [0.25, 0.3) is 0 Å². The molecule has 3 rings (SSSR count). The van der Waals surface area contributed by atoms with Gasteiger partial charge in [0.15, 0.2) is 0 Å². The molecular formula is C25H27F2N3O2. The molecule has 0 saturated heterocycles. The maximum Gasteiger partial charge on any atom is 0.222 e. The van der Waals surface area contributed by atoms with E-state index < -0.39 is 17.7 Å². The maximum atomic E-state index is 13.4. The van der Waals surface area contributed by atoms with Crippen LogP contribution in [0.4, 0.5) is 8.78 Å². The van der Waals surface area contributed by atoms with E-state index in [1.54, 1.807) is 0 Å². The Morgan fingerprint density at radius 1 is 1.16 bits per heavy atom. The molecule has 0 spiro atoms. The van der Waals surface area contributed by atoms with Crippen molar-refractivity contribution in [1.82, 2.24) is 15.2 Å². The van der Waals surface area contributed by atoms with Crippen LogP contribution in [0.3, 0.4) is 0 Å². The third-order valence-electron chi connectivity index (χ3n) is 5.05. The van der Waals surface area contributed by atoms with Gasteiger partial charge in [-0.15, -0.1) is 0 Å². The van der Waals surface area contributed by atoms with Crippen molar-refractivity contribution in [3.05, 3.63) is 71.9 Å². The van der Waals surface area contributed by atoms with Crippen LogP contribution in [0.15, 0.2) is 54.7 Å². The highest BCUT2D eigenvalue weighted by atomic mass is 19.1. The standard InChI is InChI=1S/C25H27F2N3O2/c1-18(17-31)28-11-8-23(7-6-19-14-21(26)16-22(27)15-19)29-25(32)10-13-30-12-9-20-4-2-3-5-24(20)30/h2-5,9,12,14-16,18,23,28,31H,8,10-11,13,17H2,1H3,(H,29,32). The number of nitrogens with one attached hydrogen (secondary N) is 2. The van der Waals surface area contributed by atoms with Crippen molar-refractivity contribution in [3.63, 3.8) is 0 Å². The number of carbonyl (C=O) groups excluding carboxylic acids is 1. The number of amides is 1. The highest BCUT2D eigenvalue weighted by Gasteiger charge is 2.11. The lowest BCUT2D eigenvalue weighted by Gasteiger charge is -2.16. The first-order valence-corrected chi connectivity index (χ1v) is 10.6. The number of halogens is 2. The van der Waals surface area contributed by atoms with E-state index in [2.05, 4.69) is 22.5 Å². The Bertz CT molecular complexity index is 1100. The molecule has 2 aromatic carbocycles. The van der Waals surface area contributed by atoms with Gasteiger partial charge in [0.2, 0.25) is 5.91 Å². The Hall–Kier alpha value is -3.21. The lowest BCUT2D eigenvalue weighted by Crippen LogP contribution is -2.38. The summed E-state index contributed by atoms with van der Waals surface area (Å²) in [5.41, 5.74) is 1.27. The molecule has 1 aromatic heterocycles. The molecule has 3 N–H and O–H groups in total. The molecule has 0 aliphatic heterocycles. The third-order valence-corrected chi connectivity index (χ3v) is 5.05. The fourth-order valence-corrected chi connectivity index (χ4v) is 3.34. The molecule has 0 aliphatic rings. The summed E-state index contributed by atoms with van der Waals surface area (Å²) in [5, 5.41) is 16.3. The van der Waals surface area contributed by atoms with Crippen LogP contribution in [0.5, 0.6) is 0 Å². The van der Waals surface area contributed by atoms with Crippen molar-refractivity contribution in [2.45, 2.75) is 38.4 Å². The number of aromatic nitrogens is 1. The van der Waals surface area contributed by atoms with Crippen LogP contribution in [-0.2, 0) is 11.3 Å². The highest BCUT2D eigenvalue weighted by Crippen LogP contribution is 2.15. The first-order valence-electron chi connectivity index (χ1n) is 10.6. The smallest absolute Gasteiger partial charge is 0.222 e. The highest BCUT2D eigenvalue weighted by molar-refractivity contribution is 5.80. The number of aliphatic hydroxyl groups excluding tert-OH is 1. The predicted molar refractivity (Wildman–Crippen MR) is 121 cm³/mol. The number of hydrogen-bond donors (Lipinski definition) is 3. The fourth-order valence-electron chi connectivity index (χ4n) is 3.34. The number of rotatable bonds is 9. The summed E-state index contributed by atoms with van der Waals surface area (Å²) in [5.74, 6) is 4.09. The second-order valence-corrected chi connectivity index (χ2v) is 7.69. The summed E-state index contributed by atoms with van der Waals surface area (Å²) in [7, 11) is 0. The minimum Gasteiger partial charge on any atom is -0.395 e. The molecule has 7 heteroatoms. The molecular weight excluding hydrogens is 412 g/mol. The SMILES string of the molecule is CC(CO)NCCC(C#Cc1cc(F)cc(F)c1)NC(=O)CCn1ccc2ccccc21. The zero-order valence-electron chi connectivity index (χ0n) is 17.9. The van der Waals surface area contributed by atoms with Crippen LogP contribution in [0.25, 0.3) is 10.9 Å². The van der Waals surface area contributed by atoms with Gasteiger partial charge in [-0.25, -0.2) is 8.78 Å². The van der Waals surface area contributed by atoms with Crippen LogP contribution in [-0.4, -0.2) is 40.8 Å². The van der Waals surface area contributed by atoms with Gasteiger partial charge in [-0.2, -0.15) is 0 Å². The van der Waals surface area contributed by atoms with Gasteiger partial charge in [-0.05, 0) is 49.5 Å². The number of aliphatic hydroxyl groups is 1. The summed E-state index contributed by atoms with van der Waals surface area (Å²) in [6, 6.07) is 12.5. The third kappa shape index (κ3) is 6.91. The monoisotopic (exact) mass is 439 g/mol. The molecule has 1 amide bonds. The van der Waals surface area contributed by atoms with Crippen LogP contribution in [0.1, 0.15) is 25.3 Å². The molecule has 0 radical (unpaired) electrons. The number of aryl methyl sites for hydroxylation is 1. The van der Waals surface area contributed by atoms with Crippen molar-refractivity contribution in [2.24, 2.45) is 0 Å². The summed E-state index contributed by atoms with van der Waals surface area (Å²) in [6.07, 6.45) is 2.70. The van der Waals surface area contributed by atoms with Crippen LogP contribution < -0.4 is 10.6 Å². The summed E-state index contributed by atoms with van der Waals surface area (Å²) < 4.78 is 28.9. The fraction of sp³-hybridized carbons (Fsp3) is 0.320. The molecule has 0 saturated carbocycles. The van der Waals surface area contributed by atoms with Crippen molar-refractivity contribution >= 4 is 16.8 Å². The summed E-state index contributed by atoms with van der Waals surface area (Å²) >= 11 is 0. The summed E-state index contributed by atoms with van der Waals surface area (Å²) in [4.78, 5) is 12.6. The number of fused-ring (bicyclic) bond motifs is 1. The average molecular weight is 440 g/mol. The Labute approximate surface area is 186 Å². The Morgan fingerprint density at radius 2 is 1.91 bits per heavy atom. The largest absolute Gasteiger partial charge is 0.395 e. The van der Waals surface area contributed by atoms with Gasteiger partial charge in [-0.3, -0.25) is 4.79 Å². The van der Waals surface area contributed by atoms with E-state index in [-0.39, 0.29) is 30.5 Å². The first-order chi connectivity index (χ1) is 15.4. The topological polar surface area (TPSA) is 66.3 Å². The molecule has 168 valence electrons. The lowest BCUT2D eigenvalue weighted by atomic mass is 10.1. The van der Waals surface area contributed by atoms with E-state index in [0.717, 1.165) is 29.1 Å². The molecule has 5 nitrogen and oxygen atoms in total. The minimum atomic E-state index is -0.702. The molecule has 0 aliphatic carbocycles. The van der Waals surface area contributed by atoms with Gasteiger partial charge in [0.05, 0.1) is 12.6 Å². The molecule has 3 aromatic rings. The van der Waals surface area contributed by atoms with Gasteiger partial charge < -0.3 is 20.3 Å². The molecule has 32 heavy (non-hydrogen) atoms. The summed E-state index contributed by atoms with van der Waals surface area (Å²) in [6.45, 7) is 2.88. The number of hydrogen-bond acceptors (Lipinski definition) is 3. The average Bonchev–Trinajstić information content (AvgIpc) is 3.18. The zero-order chi connectivity index (χ0) is 22.9. The number of benzene rings is 2. The van der Waals surface area contributed by atoms with Crippen LogP contribution >= 0.6 is 0 Å². The Balaban J connectivity index is 1.64. The number of para-hydroxylation sites is 1. The van der Waals surface area contributed by atoms with E-state index in [1.807, 2.05) is 48.0 Å². The van der Waals surface area contributed by atoms with Gasteiger partial charge in [0.1, 0.15) is 11.6 Å². The van der Waals surface area contributed by atoms with Gasteiger partial charge >= 0.3 is 0 Å². The van der Waals surface area contributed by atoms with E-state index >= 15 is 0 Å². The normalized spacial score (nSPS) is 12.8. The van der Waals surface area contributed by atoms with Crippen molar-refractivity contribution < 1.29 is 18.7 Å². The van der Waals surface area contributed by atoms with E-state index in [1.165, 1.54) is 0 Å². The second kappa shape index (κ2) is 11.4. The molecule has 0 bridgehead atoms. The molecule has 2 atom stereocenters. The van der Waals surface area contributed by atoms with E-state index in [9.17, 15) is 13.6 Å². The first kappa shape index (κ1) is 23.5. The second-order valence-electron chi connectivity index (χ2n) is 7.69. The minimum absolute atomic E-state index is 0.00387. The van der Waals surface area contributed by atoms with Gasteiger partial charge in [0, 0.05) is 42.4 Å². The zero-order valence-corrected chi connectivity index (χ0v) is 17.9.